The Balaban J connectivity index is 1.92. The first kappa shape index (κ1) is 13.3. The van der Waals surface area contributed by atoms with Crippen LogP contribution in [0.25, 0.3) is 16.9 Å². The first-order valence-corrected chi connectivity index (χ1v) is 6.88. The Kier molecular flexibility index (Phi) is 2.97. The number of para-hydroxylation sites is 1. The van der Waals surface area contributed by atoms with Gasteiger partial charge in [0, 0.05) is 5.56 Å². The molecule has 0 aliphatic carbocycles. The molecule has 1 N–H and O–H groups in total. The third kappa shape index (κ3) is 2.18. The summed E-state index contributed by atoms with van der Waals surface area (Å²) in [5, 5.41) is 17.2. The van der Waals surface area contributed by atoms with Crippen LogP contribution in [0, 0.1) is 0 Å². The van der Waals surface area contributed by atoms with Gasteiger partial charge in [-0.1, -0.05) is 23.4 Å². The van der Waals surface area contributed by atoms with Crippen molar-refractivity contribution in [1.29, 1.82) is 0 Å². The maximum atomic E-state index is 11.5. The highest BCUT2D eigenvalue weighted by Gasteiger charge is 2.23. The molecule has 3 aromatic rings. The molecular formula is C16H11N3O4. The number of fused-ring (bicyclic) bond motifs is 1. The number of aromatic nitrogens is 3. The Labute approximate surface area is 130 Å². The molecule has 4 rings (SSSR count). The number of benzene rings is 2. The fourth-order valence-corrected chi connectivity index (χ4v) is 2.48. The van der Waals surface area contributed by atoms with Crippen LogP contribution in [0.1, 0.15) is 10.5 Å². The van der Waals surface area contributed by atoms with Crippen LogP contribution in [-0.4, -0.2) is 32.9 Å². The van der Waals surface area contributed by atoms with E-state index in [-0.39, 0.29) is 12.5 Å². The first-order chi connectivity index (χ1) is 11.2. The highest BCUT2D eigenvalue weighted by molar-refractivity contribution is 5.93. The number of aromatic carboxylic acids is 1. The molecule has 7 nitrogen and oxygen atoms in total. The minimum atomic E-state index is -1.14. The first-order valence-electron chi connectivity index (χ1n) is 6.88. The molecule has 0 radical (unpaired) electrons. The van der Waals surface area contributed by atoms with Crippen molar-refractivity contribution in [2.45, 2.75) is 0 Å². The lowest BCUT2D eigenvalue weighted by Crippen LogP contribution is -2.03. The predicted octanol–water partition coefficient (Wildman–Crippen LogP) is 2.36. The SMILES string of the molecule is O=C(O)c1nnn(-c2ccccc2)c1-c1ccc2c(c1)OCO2. The van der Waals surface area contributed by atoms with Gasteiger partial charge in [-0.15, -0.1) is 5.10 Å². The average molecular weight is 309 g/mol. The van der Waals surface area contributed by atoms with Crippen molar-refractivity contribution < 1.29 is 19.4 Å². The summed E-state index contributed by atoms with van der Waals surface area (Å²) >= 11 is 0. The van der Waals surface area contributed by atoms with Crippen LogP contribution in [-0.2, 0) is 0 Å². The second-order valence-electron chi connectivity index (χ2n) is 4.91. The molecular weight excluding hydrogens is 298 g/mol. The van der Waals surface area contributed by atoms with Crippen LogP contribution in [0.2, 0.25) is 0 Å². The Morgan fingerprint density at radius 2 is 1.87 bits per heavy atom. The van der Waals surface area contributed by atoms with Gasteiger partial charge in [-0.3, -0.25) is 0 Å². The van der Waals surface area contributed by atoms with Gasteiger partial charge < -0.3 is 14.6 Å². The number of hydrogen-bond acceptors (Lipinski definition) is 5. The van der Waals surface area contributed by atoms with Crippen LogP contribution < -0.4 is 9.47 Å². The smallest absolute Gasteiger partial charge is 0.358 e. The third-order valence-corrected chi connectivity index (χ3v) is 3.52. The number of hydrogen-bond donors (Lipinski definition) is 1. The van der Waals surface area contributed by atoms with Crippen molar-refractivity contribution in [3.05, 3.63) is 54.2 Å². The zero-order valence-electron chi connectivity index (χ0n) is 11.8. The number of carboxylic acid groups (broad SMARTS) is 1. The number of carbonyl (C=O) groups is 1. The summed E-state index contributed by atoms with van der Waals surface area (Å²) < 4.78 is 12.2. The van der Waals surface area contributed by atoms with Crippen LogP contribution in [0.4, 0.5) is 0 Å². The molecule has 1 aliphatic heterocycles. The van der Waals surface area contributed by atoms with Gasteiger partial charge in [-0.25, -0.2) is 9.48 Å². The fourth-order valence-electron chi connectivity index (χ4n) is 2.48. The van der Waals surface area contributed by atoms with Gasteiger partial charge in [0.25, 0.3) is 0 Å². The highest BCUT2D eigenvalue weighted by Crippen LogP contribution is 2.37. The van der Waals surface area contributed by atoms with E-state index in [9.17, 15) is 9.90 Å². The normalized spacial score (nSPS) is 12.3. The quantitative estimate of drug-likeness (QED) is 0.799. The van der Waals surface area contributed by atoms with E-state index in [2.05, 4.69) is 10.3 Å². The molecule has 0 saturated heterocycles. The number of ether oxygens (including phenoxy) is 2. The van der Waals surface area contributed by atoms with Gasteiger partial charge in [0.15, 0.2) is 17.2 Å². The molecule has 0 atom stereocenters. The van der Waals surface area contributed by atoms with Crippen LogP contribution in [0.5, 0.6) is 11.5 Å². The minimum absolute atomic E-state index is 0.118. The second-order valence-corrected chi connectivity index (χ2v) is 4.91. The van der Waals surface area contributed by atoms with Crippen molar-refractivity contribution in [3.63, 3.8) is 0 Å². The molecule has 23 heavy (non-hydrogen) atoms. The summed E-state index contributed by atoms with van der Waals surface area (Å²) in [4.78, 5) is 11.5. The van der Waals surface area contributed by atoms with E-state index in [0.29, 0.717) is 22.8 Å². The number of nitrogens with zero attached hydrogens (tertiary/aromatic N) is 3. The van der Waals surface area contributed by atoms with Crippen LogP contribution in [0.3, 0.4) is 0 Å². The summed E-state index contributed by atoms with van der Waals surface area (Å²) in [6.45, 7) is 0.154. The lowest BCUT2D eigenvalue weighted by molar-refractivity contribution is 0.0691. The van der Waals surface area contributed by atoms with Crippen molar-refractivity contribution in [2.75, 3.05) is 6.79 Å². The van der Waals surface area contributed by atoms with E-state index in [4.69, 9.17) is 9.47 Å². The number of carboxylic acids is 1. The van der Waals surface area contributed by atoms with Gasteiger partial charge >= 0.3 is 5.97 Å². The Morgan fingerprint density at radius 1 is 1.09 bits per heavy atom. The van der Waals surface area contributed by atoms with Gasteiger partial charge in [-0.05, 0) is 30.3 Å². The molecule has 0 fully saturated rings. The number of rotatable bonds is 3. The van der Waals surface area contributed by atoms with Crippen LogP contribution >= 0.6 is 0 Å². The Bertz CT molecular complexity index is 890. The van der Waals surface area contributed by atoms with Crippen molar-refractivity contribution in [1.82, 2.24) is 15.0 Å². The molecule has 0 unspecified atom stereocenters. The molecule has 2 aromatic carbocycles. The van der Waals surface area contributed by atoms with Gasteiger partial charge in [-0.2, -0.15) is 0 Å². The topological polar surface area (TPSA) is 86.5 Å². The van der Waals surface area contributed by atoms with E-state index in [0.717, 1.165) is 5.69 Å². The largest absolute Gasteiger partial charge is 0.476 e. The third-order valence-electron chi connectivity index (χ3n) is 3.52. The molecule has 0 saturated carbocycles. The molecule has 2 heterocycles. The lowest BCUT2D eigenvalue weighted by atomic mass is 10.1. The monoisotopic (exact) mass is 309 g/mol. The standard InChI is InChI=1S/C16H11N3O4/c20-16(21)14-15(10-6-7-12-13(8-10)23-9-22-12)19(18-17-14)11-4-2-1-3-5-11/h1-8H,9H2,(H,20,21). The molecule has 0 bridgehead atoms. The van der Waals surface area contributed by atoms with E-state index in [1.54, 1.807) is 18.2 Å². The van der Waals surface area contributed by atoms with Gasteiger partial charge in [0.1, 0.15) is 5.69 Å². The van der Waals surface area contributed by atoms with Crippen molar-refractivity contribution in [3.8, 4) is 28.4 Å². The highest BCUT2D eigenvalue weighted by atomic mass is 16.7. The summed E-state index contributed by atoms with van der Waals surface area (Å²) in [7, 11) is 0. The van der Waals surface area contributed by atoms with Crippen molar-refractivity contribution >= 4 is 5.97 Å². The molecule has 1 aliphatic rings. The Hall–Kier alpha value is -3.35. The zero-order chi connectivity index (χ0) is 15.8. The van der Waals surface area contributed by atoms with Crippen molar-refractivity contribution in [2.24, 2.45) is 0 Å². The van der Waals surface area contributed by atoms with E-state index < -0.39 is 5.97 Å². The summed E-state index contributed by atoms with van der Waals surface area (Å²) in [5.74, 6) is 0.0591. The molecule has 7 heteroatoms. The predicted molar refractivity (Wildman–Crippen MR) is 79.9 cm³/mol. The van der Waals surface area contributed by atoms with E-state index in [1.165, 1.54) is 4.68 Å². The molecule has 0 spiro atoms. The molecule has 1 aromatic heterocycles. The maximum absolute atomic E-state index is 11.5. The molecule has 114 valence electrons. The fraction of sp³-hybridized carbons (Fsp3) is 0.0625. The molecule has 0 amide bonds. The Morgan fingerprint density at radius 3 is 2.65 bits per heavy atom. The van der Waals surface area contributed by atoms with E-state index in [1.807, 2.05) is 30.3 Å². The summed E-state index contributed by atoms with van der Waals surface area (Å²) in [6, 6.07) is 14.5. The summed E-state index contributed by atoms with van der Waals surface area (Å²) in [6.07, 6.45) is 0. The summed E-state index contributed by atoms with van der Waals surface area (Å²) in [5.41, 5.74) is 1.63. The van der Waals surface area contributed by atoms with Crippen LogP contribution in [0.15, 0.2) is 48.5 Å². The minimum Gasteiger partial charge on any atom is -0.476 e. The lowest BCUT2D eigenvalue weighted by Gasteiger charge is -2.08. The second kappa shape index (κ2) is 5.13. The zero-order valence-corrected chi connectivity index (χ0v) is 11.8. The van der Waals surface area contributed by atoms with E-state index >= 15 is 0 Å². The average Bonchev–Trinajstić information content (AvgIpc) is 3.21. The maximum Gasteiger partial charge on any atom is 0.358 e. The van der Waals surface area contributed by atoms with Gasteiger partial charge in [0.05, 0.1) is 5.69 Å². The van der Waals surface area contributed by atoms with Gasteiger partial charge in [0.2, 0.25) is 6.79 Å².